The maximum atomic E-state index is 12.4. The standard InChI is InChI=1S/C19H22ClN3O3/c1-25-15-10-14-13(18(20)22-11-21-14)9-16(15)26-12-4-6-19(7-5-12)17(24)3-2-8-23-19/h9-12,23H,2-8H2,1H3. The van der Waals surface area contributed by atoms with Gasteiger partial charge >= 0.3 is 0 Å². The molecule has 0 radical (unpaired) electrons. The molecule has 1 N–H and O–H groups in total. The van der Waals surface area contributed by atoms with Crippen molar-refractivity contribution >= 4 is 28.3 Å². The molecule has 26 heavy (non-hydrogen) atoms. The van der Waals surface area contributed by atoms with E-state index in [4.69, 9.17) is 21.1 Å². The highest BCUT2D eigenvalue weighted by Crippen LogP contribution is 2.38. The van der Waals surface area contributed by atoms with Crippen molar-refractivity contribution in [2.24, 2.45) is 0 Å². The number of benzene rings is 1. The van der Waals surface area contributed by atoms with Gasteiger partial charge in [-0.2, -0.15) is 0 Å². The van der Waals surface area contributed by atoms with E-state index in [1.807, 2.05) is 12.1 Å². The van der Waals surface area contributed by atoms with Crippen LogP contribution in [0, 0.1) is 0 Å². The predicted molar refractivity (Wildman–Crippen MR) is 99.0 cm³/mol. The zero-order chi connectivity index (χ0) is 18.1. The maximum absolute atomic E-state index is 12.4. The number of carbonyl (C=O) groups excluding carboxylic acids is 1. The third kappa shape index (κ3) is 3.12. The first kappa shape index (κ1) is 17.5. The summed E-state index contributed by atoms with van der Waals surface area (Å²) in [5, 5.41) is 4.59. The minimum absolute atomic E-state index is 0.0481. The van der Waals surface area contributed by atoms with E-state index in [0.29, 0.717) is 34.4 Å². The van der Waals surface area contributed by atoms with Gasteiger partial charge in [-0.05, 0) is 44.7 Å². The van der Waals surface area contributed by atoms with Crippen LogP contribution in [0.25, 0.3) is 10.9 Å². The highest BCUT2D eigenvalue weighted by molar-refractivity contribution is 6.34. The Labute approximate surface area is 157 Å². The van der Waals surface area contributed by atoms with Crippen LogP contribution in [0.1, 0.15) is 38.5 Å². The SMILES string of the molecule is COc1cc2ncnc(Cl)c2cc1OC1CCC2(CC1)NCCCC2=O. The molecule has 0 bridgehead atoms. The number of methoxy groups -OCH3 is 1. The Morgan fingerprint density at radius 2 is 2.04 bits per heavy atom. The van der Waals surface area contributed by atoms with Gasteiger partial charge in [0.15, 0.2) is 17.3 Å². The Balaban J connectivity index is 1.53. The summed E-state index contributed by atoms with van der Waals surface area (Å²) in [7, 11) is 1.61. The monoisotopic (exact) mass is 375 g/mol. The average molecular weight is 376 g/mol. The molecular weight excluding hydrogens is 354 g/mol. The van der Waals surface area contributed by atoms with Crippen LogP contribution in [-0.2, 0) is 4.79 Å². The van der Waals surface area contributed by atoms with Crippen LogP contribution in [0.15, 0.2) is 18.5 Å². The number of aromatic nitrogens is 2. The first-order valence-corrected chi connectivity index (χ1v) is 9.42. The average Bonchev–Trinajstić information content (AvgIpc) is 2.66. The molecule has 0 atom stereocenters. The van der Waals surface area contributed by atoms with Crippen LogP contribution in [0.5, 0.6) is 11.5 Å². The van der Waals surface area contributed by atoms with E-state index in [1.54, 1.807) is 7.11 Å². The second kappa shape index (κ2) is 7.00. The van der Waals surface area contributed by atoms with Crippen molar-refractivity contribution in [3.05, 3.63) is 23.6 Å². The maximum Gasteiger partial charge on any atom is 0.162 e. The van der Waals surface area contributed by atoms with Gasteiger partial charge in [0.25, 0.3) is 0 Å². The number of piperidine rings is 1. The number of ketones is 1. The lowest BCUT2D eigenvalue weighted by Gasteiger charge is -2.42. The Kier molecular flexibility index (Phi) is 4.71. The Bertz CT molecular complexity index is 834. The third-order valence-corrected chi connectivity index (χ3v) is 5.83. The lowest BCUT2D eigenvalue weighted by molar-refractivity contribution is -0.129. The number of carbonyl (C=O) groups is 1. The van der Waals surface area contributed by atoms with Gasteiger partial charge in [-0.1, -0.05) is 11.6 Å². The molecule has 1 spiro atoms. The molecule has 1 aliphatic heterocycles. The fraction of sp³-hybridized carbons (Fsp3) is 0.526. The molecule has 2 aromatic rings. The largest absolute Gasteiger partial charge is 0.493 e. The molecule has 7 heteroatoms. The molecule has 2 aliphatic rings. The Hall–Kier alpha value is -1.92. The van der Waals surface area contributed by atoms with Gasteiger partial charge in [-0.15, -0.1) is 0 Å². The van der Waals surface area contributed by atoms with E-state index >= 15 is 0 Å². The fourth-order valence-corrected chi connectivity index (χ4v) is 4.23. The van der Waals surface area contributed by atoms with Crippen LogP contribution in [0.3, 0.4) is 0 Å². The van der Waals surface area contributed by atoms with Gasteiger partial charge in [0.2, 0.25) is 0 Å². The highest BCUT2D eigenvalue weighted by atomic mass is 35.5. The molecule has 6 nitrogen and oxygen atoms in total. The molecular formula is C19H22ClN3O3. The molecule has 4 rings (SSSR count). The molecule has 0 amide bonds. The number of nitrogens with one attached hydrogen (secondary N) is 1. The molecule has 0 unspecified atom stereocenters. The summed E-state index contributed by atoms with van der Waals surface area (Å²) >= 11 is 6.19. The van der Waals surface area contributed by atoms with Crippen molar-refractivity contribution in [3.63, 3.8) is 0 Å². The summed E-state index contributed by atoms with van der Waals surface area (Å²) in [5.41, 5.74) is 0.386. The lowest BCUT2D eigenvalue weighted by atomic mass is 9.74. The van der Waals surface area contributed by atoms with Crippen LogP contribution in [-0.4, -0.2) is 41.0 Å². The van der Waals surface area contributed by atoms with Gasteiger partial charge in [-0.25, -0.2) is 9.97 Å². The predicted octanol–water partition coefficient (Wildman–Crippen LogP) is 3.30. The fourth-order valence-electron chi connectivity index (χ4n) is 4.04. The van der Waals surface area contributed by atoms with Crippen LogP contribution in [0.2, 0.25) is 5.15 Å². The number of Topliss-reactive ketones (excluding diaryl/α,β-unsaturated/α-hetero) is 1. The molecule has 138 valence electrons. The molecule has 1 aliphatic carbocycles. The number of hydrogen-bond donors (Lipinski definition) is 1. The van der Waals surface area contributed by atoms with Crippen molar-refractivity contribution < 1.29 is 14.3 Å². The van der Waals surface area contributed by atoms with Crippen molar-refractivity contribution in [2.45, 2.75) is 50.2 Å². The molecule has 1 aromatic heterocycles. The van der Waals surface area contributed by atoms with Crippen LogP contribution < -0.4 is 14.8 Å². The van der Waals surface area contributed by atoms with Crippen LogP contribution in [0.4, 0.5) is 0 Å². The Morgan fingerprint density at radius 1 is 1.23 bits per heavy atom. The van der Waals surface area contributed by atoms with Gasteiger partial charge in [0.1, 0.15) is 11.5 Å². The summed E-state index contributed by atoms with van der Waals surface area (Å²) in [6.45, 7) is 0.925. The zero-order valence-corrected chi connectivity index (χ0v) is 15.5. The quantitative estimate of drug-likeness (QED) is 0.830. The first-order valence-electron chi connectivity index (χ1n) is 9.04. The van der Waals surface area contributed by atoms with Gasteiger partial charge < -0.3 is 14.8 Å². The highest BCUT2D eigenvalue weighted by Gasteiger charge is 2.42. The normalized spacial score (nSPS) is 26.2. The third-order valence-electron chi connectivity index (χ3n) is 5.53. The number of rotatable bonds is 3. The summed E-state index contributed by atoms with van der Waals surface area (Å²) in [6, 6.07) is 3.65. The topological polar surface area (TPSA) is 73.3 Å². The molecule has 2 fully saturated rings. The number of halogens is 1. The Morgan fingerprint density at radius 3 is 2.77 bits per heavy atom. The van der Waals surface area contributed by atoms with E-state index in [9.17, 15) is 4.79 Å². The van der Waals surface area contributed by atoms with E-state index in [1.165, 1.54) is 6.33 Å². The molecule has 1 saturated heterocycles. The van der Waals surface area contributed by atoms with Gasteiger partial charge in [-0.3, -0.25) is 4.79 Å². The second-order valence-corrected chi connectivity index (χ2v) is 7.40. The summed E-state index contributed by atoms with van der Waals surface area (Å²) < 4.78 is 11.7. The molecule has 2 heterocycles. The van der Waals surface area contributed by atoms with Crippen molar-refractivity contribution in [1.29, 1.82) is 0 Å². The smallest absolute Gasteiger partial charge is 0.162 e. The van der Waals surface area contributed by atoms with Crippen molar-refractivity contribution in [1.82, 2.24) is 15.3 Å². The van der Waals surface area contributed by atoms with Gasteiger partial charge in [0.05, 0.1) is 24.3 Å². The van der Waals surface area contributed by atoms with Crippen molar-refractivity contribution in [3.8, 4) is 11.5 Å². The number of ether oxygens (including phenoxy) is 2. The van der Waals surface area contributed by atoms with E-state index in [0.717, 1.165) is 44.0 Å². The molecule has 1 saturated carbocycles. The molecule has 1 aromatic carbocycles. The van der Waals surface area contributed by atoms with E-state index < -0.39 is 0 Å². The number of hydrogen-bond acceptors (Lipinski definition) is 6. The number of fused-ring (bicyclic) bond motifs is 1. The van der Waals surface area contributed by atoms with Crippen molar-refractivity contribution in [2.75, 3.05) is 13.7 Å². The second-order valence-electron chi connectivity index (χ2n) is 7.04. The van der Waals surface area contributed by atoms with Gasteiger partial charge in [0, 0.05) is 17.9 Å². The minimum Gasteiger partial charge on any atom is -0.493 e. The van der Waals surface area contributed by atoms with E-state index in [2.05, 4.69) is 15.3 Å². The summed E-state index contributed by atoms with van der Waals surface area (Å²) in [5.74, 6) is 1.62. The minimum atomic E-state index is -0.331. The zero-order valence-electron chi connectivity index (χ0n) is 14.8. The summed E-state index contributed by atoms with van der Waals surface area (Å²) in [4.78, 5) is 20.6. The first-order chi connectivity index (χ1) is 12.6. The lowest BCUT2D eigenvalue weighted by Crippen LogP contribution is -2.58. The summed E-state index contributed by atoms with van der Waals surface area (Å²) in [6.07, 6.45) is 6.41. The van der Waals surface area contributed by atoms with Crippen LogP contribution >= 0.6 is 11.6 Å². The van der Waals surface area contributed by atoms with E-state index in [-0.39, 0.29) is 11.6 Å². The number of nitrogens with zero attached hydrogens (tertiary/aromatic N) is 2.